The van der Waals surface area contributed by atoms with Crippen LogP contribution in [0.15, 0.2) is 18.2 Å². The van der Waals surface area contributed by atoms with E-state index in [1.165, 1.54) is 45.4 Å². The lowest BCUT2D eigenvalue weighted by atomic mass is 9.53. The van der Waals surface area contributed by atoms with Crippen molar-refractivity contribution in [2.45, 2.75) is 51.0 Å². The number of nitrogens with one attached hydrogen (secondary N) is 3. The van der Waals surface area contributed by atoms with Gasteiger partial charge in [-0.3, -0.25) is 9.59 Å². The van der Waals surface area contributed by atoms with E-state index < -0.39 is 0 Å². The van der Waals surface area contributed by atoms with Crippen molar-refractivity contribution in [3.8, 4) is 5.75 Å². The van der Waals surface area contributed by atoms with E-state index in [9.17, 15) is 9.59 Å². The molecule has 0 unspecified atom stereocenters. The first-order valence-corrected chi connectivity index (χ1v) is 9.95. The van der Waals surface area contributed by atoms with E-state index in [0.29, 0.717) is 23.7 Å². The minimum Gasteiger partial charge on any atom is -0.495 e. The summed E-state index contributed by atoms with van der Waals surface area (Å²) < 4.78 is 5.34. The third-order valence-corrected chi connectivity index (χ3v) is 6.46. The SMILES string of the molecule is COc1ccc(NC(C)=O)cc1NC(=O)CNC12CC3CC(CC(C3)C1)C2. The molecule has 0 saturated heterocycles. The van der Waals surface area contributed by atoms with Gasteiger partial charge in [0.25, 0.3) is 0 Å². The highest BCUT2D eigenvalue weighted by Crippen LogP contribution is 2.55. The van der Waals surface area contributed by atoms with Gasteiger partial charge in [0.15, 0.2) is 0 Å². The van der Waals surface area contributed by atoms with Crippen LogP contribution in [0, 0.1) is 17.8 Å². The van der Waals surface area contributed by atoms with Gasteiger partial charge in [0.2, 0.25) is 11.8 Å². The number of amides is 2. The van der Waals surface area contributed by atoms with Crippen LogP contribution in [-0.2, 0) is 9.59 Å². The molecule has 0 heterocycles. The number of carbonyl (C=O) groups is 2. The van der Waals surface area contributed by atoms with Crippen LogP contribution in [-0.4, -0.2) is 31.0 Å². The fourth-order valence-corrected chi connectivity index (χ4v) is 5.88. The molecular formula is C21H29N3O3. The maximum absolute atomic E-state index is 12.6. The molecule has 0 aromatic heterocycles. The van der Waals surface area contributed by atoms with E-state index in [1.54, 1.807) is 25.3 Å². The molecule has 0 atom stereocenters. The number of hydrogen-bond donors (Lipinski definition) is 3. The van der Waals surface area contributed by atoms with E-state index in [4.69, 9.17) is 4.74 Å². The molecule has 146 valence electrons. The molecule has 4 fully saturated rings. The Morgan fingerprint density at radius 2 is 1.70 bits per heavy atom. The van der Waals surface area contributed by atoms with Crippen LogP contribution >= 0.6 is 0 Å². The number of methoxy groups -OCH3 is 1. The van der Waals surface area contributed by atoms with Crippen molar-refractivity contribution in [3.05, 3.63) is 18.2 Å². The van der Waals surface area contributed by atoms with E-state index in [0.717, 1.165) is 17.8 Å². The summed E-state index contributed by atoms with van der Waals surface area (Å²) in [6, 6.07) is 5.22. The van der Waals surface area contributed by atoms with Crippen LogP contribution < -0.4 is 20.7 Å². The average molecular weight is 371 g/mol. The van der Waals surface area contributed by atoms with Crippen molar-refractivity contribution < 1.29 is 14.3 Å². The van der Waals surface area contributed by atoms with Crippen LogP contribution in [0.25, 0.3) is 0 Å². The second kappa shape index (κ2) is 7.15. The molecule has 27 heavy (non-hydrogen) atoms. The van der Waals surface area contributed by atoms with Crippen LogP contribution in [0.3, 0.4) is 0 Å². The molecule has 4 aliphatic rings. The molecule has 1 aromatic rings. The lowest BCUT2D eigenvalue weighted by Gasteiger charge is -2.57. The number of anilines is 2. The van der Waals surface area contributed by atoms with Gasteiger partial charge in [-0.05, 0) is 74.5 Å². The van der Waals surface area contributed by atoms with Crippen molar-refractivity contribution in [1.82, 2.24) is 5.32 Å². The predicted octanol–water partition coefficient (Wildman–Crippen LogP) is 3.15. The van der Waals surface area contributed by atoms with Gasteiger partial charge in [0.05, 0.1) is 19.3 Å². The maximum atomic E-state index is 12.6. The van der Waals surface area contributed by atoms with E-state index in [2.05, 4.69) is 16.0 Å². The van der Waals surface area contributed by atoms with Gasteiger partial charge in [-0.2, -0.15) is 0 Å². The summed E-state index contributed by atoms with van der Waals surface area (Å²) in [7, 11) is 1.57. The first-order chi connectivity index (χ1) is 12.9. The summed E-state index contributed by atoms with van der Waals surface area (Å²) in [6.07, 6.45) is 7.82. The highest BCUT2D eigenvalue weighted by molar-refractivity contribution is 5.95. The molecule has 0 aliphatic heterocycles. The highest BCUT2D eigenvalue weighted by atomic mass is 16.5. The van der Waals surface area contributed by atoms with Crippen LogP contribution in [0.5, 0.6) is 5.75 Å². The second-order valence-corrected chi connectivity index (χ2v) is 8.70. The highest BCUT2D eigenvalue weighted by Gasteiger charge is 2.50. The summed E-state index contributed by atoms with van der Waals surface area (Å²) >= 11 is 0. The Morgan fingerprint density at radius 1 is 1.07 bits per heavy atom. The summed E-state index contributed by atoms with van der Waals surface area (Å²) in [5, 5.41) is 9.27. The number of benzene rings is 1. The molecule has 2 amide bonds. The first kappa shape index (κ1) is 18.3. The minimum atomic E-state index is -0.152. The van der Waals surface area contributed by atoms with Crippen molar-refractivity contribution in [2.75, 3.05) is 24.3 Å². The molecule has 4 bridgehead atoms. The zero-order valence-corrected chi connectivity index (χ0v) is 16.1. The Hall–Kier alpha value is -2.08. The predicted molar refractivity (Wildman–Crippen MR) is 105 cm³/mol. The van der Waals surface area contributed by atoms with Crippen molar-refractivity contribution >= 4 is 23.2 Å². The minimum absolute atomic E-state index is 0.0796. The number of hydrogen-bond acceptors (Lipinski definition) is 4. The van der Waals surface area contributed by atoms with E-state index in [1.807, 2.05) is 0 Å². The largest absolute Gasteiger partial charge is 0.495 e. The molecule has 4 saturated carbocycles. The van der Waals surface area contributed by atoms with Gasteiger partial charge in [-0.15, -0.1) is 0 Å². The van der Waals surface area contributed by atoms with E-state index in [-0.39, 0.29) is 17.4 Å². The zero-order chi connectivity index (χ0) is 19.0. The Bertz CT molecular complexity index is 711. The molecule has 0 spiro atoms. The van der Waals surface area contributed by atoms with Crippen LogP contribution in [0.4, 0.5) is 11.4 Å². The Balaban J connectivity index is 1.39. The average Bonchev–Trinajstić information content (AvgIpc) is 2.59. The molecular weight excluding hydrogens is 342 g/mol. The third kappa shape index (κ3) is 3.95. The zero-order valence-electron chi connectivity index (χ0n) is 16.1. The number of rotatable bonds is 6. The molecule has 6 nitrogen and oxygen atoms in total. The quantitative estimate of drug-likeness (QED) is 0.718. The third-order valence-electron chi connectivity index (χ3n) is 6.46. The Morgan fingerprint density at radius 3 is 2.26 bits per heavy atom. The van der Waals surface area contributed by atoms with Crippen molar-refractivity contribution in [3.63, 3.8) is 0 Å². The second-order valence-electron chi connectivity index (χ2n) is 8.70. The maximum Gasteiger partial charge on any atom is 0.238 e. The molecule has 4 aliphatic carbocycles. The first-order valence-electron chi connectivity index (χ1n) is 9.95. The fourth-order valence-electron chi connectivity index (χ4n) is 5.88. The number of ether oxygens (including phenoxy) is 1. The fraction of sp³-hybridized carbons (Fsp3) is 0.619. The van der Waals surface area contributed by atoms with Gasteiger partial charge in [-0.1, -0.05) is 0 Å². The molecule has 5 rings (SSSR count). The monoisotopic (exact) mass is 371 g/mol. The van der Waals surface area contributed by atoms with Gasteiger partial charge in [0, 0.05) is 18.2 Å². The van der Waals surface area contributed by atoms with Crippen LogP contribution in [0.2, 0.25) is 0 Å². The molecule has 3 N–H and O–H groups in total. The Labute approximate surface area is 160 Å². The van der Waals surface area contributed by atoms with Gasteiger partial charge < -0.3 is 20.7 Å². The topological polar surface area (TPSA) is 79.5 Å². The molecule has 6 heteroatoms. The van der Waals surface area contributed by atoms with Crippen molar-refractivity contribution in [1.29, 1.82) is 0 Å². The van der Waals surface area contributed by atoms with Crippen LogP contribution in [0.1, 0.15) is 45.4 Å². The summed E-state index contributed by atoms with van der Waals surface area (Å²) in [6.45, 7) is 1.76. The molecule has 1 aromatic carbocycles. The standard InChI is InChI=1S/C21H29N3O3/c1-13(25)23-17-3-4-19(27-2)18(8-17)24-20(26)12-22-21-9-14-5-15(10-21)7-16(6-14)11-21/h3-4,8,14-16,22H,5-7,9-12H2,1-2H3,(H,23,25)(H,24,26). The summed E-state index contributed by atoms with van der Waals surface area (Å²) in [4.78, 5) is 23.9. The van der Waals surface area contributed by atoms with E-state index >= 15 is 0 Å². The molecule has 0 radical (unpaired) electrons. The van der Waals surface area contributed by atoms with Gasteiger partial charge >= 0.3 is 0 Å². The number of carbonyl (C=O) groups excluding carboxylic acids is 2. The lowest BCUT2D eigenvalue weighted by Crippen LogP contribution is -2.59. The lowest BCUT2D eigenvalue weighted by molar-refractivity contribution is -0.116. The smallest absolute Gasteiger partial charge is 0.238 e. The van der Waals surface area contributed by atoms with Crippen molar-refractivity contribution in [2.24, 2.45) is 17.8 Å². The summed E-state index contributed by atoms with van der Waals surface area (Å²) in [5.74, 6) is 2.89. The Kier molecular flexibility index (Phi) is 4.84. The van der Waals surface area contributed by atoms with Gasteiger partial charge in [0.1, 0.15) is 5.75 Å². The normalized spacial score (nSPS) is 30.8. The summed E-state index contributed by atoms with van der Waals surface area (Å²) in [5.41, 5.74) is 1.36. The van der Waals surface area contributed by atoms with Gasteiger partial charge in [-0.25, -0.2) is 0 Å².